The van der Waals surface area contributed by atoms with Crippen molar-refractivity contribution in [1.29, 1.82) is 0 Å². The number of H-pyrrole nitrogens is 1. The van der Waals surface area contributed by atoms with Crippen molar-refractivity contribution < 1.29 is 8.42 Å². The maximum atomic E-state index is 12.9. The number of aromatic amines is 1. The molecule has 2 aromatic carbocycles. The lowest BCUT2D eigenvalue weighted by Crippen LogP contribution is -2.38. The summed E-state index contributed by atoms with van der Waals surface area (Å²) < 4.78 is 27.5. The monoisotopic (exact) mass is 369 g/mol. The predicted octanol–water partition coefficient (Wildman–Crippen LogP) is 3.75. The molecule has 2 heterocycles. The van der Waals surface area contributed by atoms with E-state index in [9.17, 15) is 8.42 Å². The lowest BCUT2D eigenvalue weighted by Gasteiger charge is -2.30. The predicted molar refractivity (Wildman–Crippen MR) is 103 cm³/mol. The van der Waals surface area contributed by atoms with E-state index in [1.807, 2.05) is 44.2 Å². The number of rotatable bonds is 3. The van der Waals surface area contributed by atoms with E-state index in [-0.39, 0.29) is 5.92 Å². The fraction of sp³-hybridized carbons (Fsp3) is 0.350. The maximum Gasteiger partial charge on any atom is 0.243 e. The molecule has 1 N–H and O–H groups in total. The highest BCUT2D eigenvalue weighted by molar-refractivity contribution is 7.89. The summed E-state index contributed by atoms with van der Waals surface area (Å²) in [7, 11) is -3.43. The van der Waals surface area contributed by atoms with E-state index >= 15 is 0 Å². The van der Waals surface area contributed by atoms with Gasteiger partial charge in [0, 0.05) is 19.0 Å². The summed E-state index contributed by atoms with van der Waals surface area (Å²) in [5, 5.41) is 0. The number of fused-ring (bicyclic) bond motifs is 1. The smallest absolute Gasteiger partial charge is 0.243 e. The highest BCUT2D eigenvalue weighted by Gasteiger charge is 2.31. The number of benzene rings is 2. The molecule has 1 fully saturated rings. The first-order valence-corrected chi connectivity index (χ1v) is 10.4. The number of sulfonamides is 1. The first kappa shape index (κ1) is 17.2. The summed E-state index contributed by atoms with van der Waals surface area (Å²) in [6.07, 6.45) is 1.56. The fourth-order valence-electron chi connectivity index (χ4n) is 3.56. The van der Waals surface area contributed by atoms with Gasteiger partial charge in [0.2, 0.25) is 10.0 Å². The summed E-state index contributed by atoms with van der Waals surface area (Å²) in [4.78, 5) is 8.46. The molecule has 26 heavy (non-hydrogen) atoms. The van der Waals surface area contributed by atoms with Crippen LogP contribution < -0.4 is 0 Å². The number of nitrogens with zero attached hydrogens (tertiary/aromatic N) is 2. The standard InChI is InChI=1S/C20H23N3O2S/c1-14-7-8-17(13-15(14)2)26(24,25)23-11-9-16(10-12-23)20-21-18-5-3-4-6-19(18)22-20/h3-8,13,16H,9-12H2,1-2H3,(H,21,22). The first-order valence-electron chi connectivity index (χ1n) is 8.97. The zero-order valence-electron chi connectivity index (χ0n) is 15.1. The third-order valence-electron chi connectivity index (χ3n) is 5.36. The maximum absolute atomic E-state index is 12.9. The number of aryl methyl sites for hydroxylation is 2. The van der Waals surface area contributed by atoms with Crippen LogP contribution in [0.25, 0.3) is 11.0 Å². The Balaban J connectivity index is 1.51. The van der Waals surface area contributed by atoms with Crippen molar-refractivity contribution in [2.45, 2.75) is 37.5 Å². The molecular weight excluding hydrogens is 346 g/mol. The second-order valence-electron chi connectivity index (χ2n) is 7.06. The zero-order chi connectivity index (χ0) is 18.3. The SMILES string of the molecule is Cc1ccc(S(=O)(=O)N2CCC(c3nc4ccccc4[nH]3)CC2)cc1C. The Kier molecular flexibility index (Phi) is 4.32. The lowest BCUT2D eigenvalue weighted by atomic mass is 9.97. The highest BCUT2D eigenvalue weighted by atomic mass is 32.2. The Morgan fingerprint density at radius 1 is 1.04 bits per heavy atom. The minimum Gasteiger partial charge on any atom is -0.342 e. The summed E-state index contributed by atoms with van der Waals surface area (Å²) in [6.45, 7) is 4.99. The van der Waals surface area contributed by atoms with Gasteiger partial charge in [-0.2, -0.15) is 4.31 Å². The van der Waals surface area contributed by atoms with Crippen LogP contribution in [0.1, 0.15) is 35.7 Å². The molecule has 3 aromatic rings. The molecule has 1 saturated heterocycles. The Hall–Kier alpha value is -2.18. The molecule has 0 atom stereocenters. The van der Waals surface area contributed by atoms with E-state index < -0.39 is 10.0 Å². The number of hydrogen-bond acceptors (Lipinski definition) is 3. The van der Waals surface area contributed by atoms with Crippen LogP contribution in [0.5, 0.6) is 0 Å². The molecule has 0 amide bonds. The number of para-hydroxylation sites is 2. The van der Waals surface area contributed by atoms with Gasteiger partial charge in [-0.3, -0.25) is 0 Å². The number of hydrogen-bond donors (Lipinski definition) is 1. The third-order valence-corrected chi connectivity index (χ3v) is 7.26. The molecule has 1 aliphatic heterocycles. The largest absolute Gasteiger partial charge is 0.342 e. The van der Waals surface area contributed by atoms with E-state index in [1.54, 1.807) is 16.4 Å². The number of imidazole rings is 1. The molecule has 5 nitrogen and oxygen atoms in total. The van der Waals surface area contributed by atoms with Crippen LogP contribution in [0, 0.1) is 13.8 Å². The quantitative estimate of drug-likeness (QED) is 0.765. The van der Waals surface area contributed by atoms with Gasteiger partial charge in [0.05, 0.1) is 15.9 Å². The molecule has 0 radical (unpaired) electrons. The van der Waals surface area contributed by atoms with Gasteiger partial charge in [-0.25, -0.2) is 13.4 Å². The van der Waals surface area contributed by atoms with Crippen LogP contribution >= 0.6 is 0 Å². The first-order chi connectivity index (χ1) is 12.4. The normalized spacial score (nSPS) is 17.0. The van der Waals surface area contributed by atoms with Crippen LogP contribution in [0.2, 0.25) is 0 Å². The van der Waals surface area contributed by atoms with Crippen molar-refractivity contribution in [1.82, 2.24) is 14.3 Å². The average Bonchev–Trinajstić information content (AvgIpc) is 3.08. The van der Waals surface area contributed by atoms with Crippen molar-refractivity contribution in [2.24, 2.45) is 0 Å². The molecule has 0 saturated carbocycles. The molecule has 1 aliphatic rings. The summed E-state index contributed by atoms with van der Waals surface area (Å²) in [5.41, 5.74) is 4.11. The average molecular weight is 369 g/mol. The minimum atomic E-state index is -3.43. The topological polar surface area (TPSA) is 66.1 Å². The molecule has 0 aliphatic carbocycles. The second kappa shape index (κ2) is 6.52. The molecule has 6 heteroatoms. The van der Waals surface area contributed by atoms with Crippen LogP contribution in [0.4, 0.5) is 0 Å². The molecule has 0 unspecified atom stereocenters. The van der Waals surface area contributed by atoms with Gasteiger partial charge in [-0.15, -0.1) is 0 Å². The van der Waals surface area contributed by atoms with Gasteiger partial charge in [-0.05, 0) is 62.1 Å². The van der Waals surface area contributed by atoms with E-state index in [4.69, 9.17) is 0 Å². The van der Waals surface area contributed by atoms with Crippen LogP contribution in [0.15, 0.2) is 47.4 Å². The Morgan fingerprint density at radius 3 is 2.46 bits per heavy atom. The Labute approximate surface area is 154 Å². The van der Waals surface area contributed by atoms with E-state index in [2.05, 4.69) is 9.97 Å². The van der Waals surface area contributed by atoms with Crippen molar-refractivity contribution in [3.63, 3.8) is 0 Å². The minimum absolute atomic E-state index is 0.272. The van der Waals surface area contributed by atoms with E-state index in [0.717, 1.165) is 40.8 Å². The lowest BCUT2D eigenvalue weighted by molar-refractivity contribution is 0.314. The van der Waals surface area contributed by atoms with E-state index in [1.165, 1.54) is 0 Å². The molecular formula is C20H23N3O2S. The Morgan fingerprint density at radius 2 is 1.77 bits per heavy atom. The van der Waals surface area contributed by atoms with Crippen molar-refractivity contribution >= 4 is 21.1 Å². The van der Waals surface area contributed by atoms with Gasteiger partial charge in [0.15, 0.2) is 0 Å². The molecule has 1 aromatic heterocycles. The van der Waals surface area contributed by atoms with Crippen molar-refractivity contribution in [2.75, 3.05) is 13.1 Å². The van der Waals surface area contributed by atoms with Crippen molar-refractivity contribution in [3.05, 3.63) is 59.4 Å². The van der Waals surface area contributed by atoms with Crippen LogP contribution in [-0.2, 0) is 10.0 Å². The molecule has 0 bridgehead atoms. The number of aromatic nitrogens is 2. The zero-order valence-corrected chi connectivity index (χ0v) is 15.9. The third kappa shape index (κ3) is 3.04. The van der Waals surface area contributed by atoms with Crippen LogP contribution in [-0.4, -0.2) is 35.8 Å². The second-order valence-corrected chi connectivity index (χ2v) is 9.00. The number of piperidine rings is 1. The highest BCUT2D eigenvalue weighted by Crippen LogP contribution is 2.30. The summed E-state index contributed by atoms with van der Waals surface area (Å²) in [5.74, 6) is 1.24. The van der Waals surface area contributed by atoms with Gasteiger partial charge < -0.3 is 4.98 Å². The Bertz CT molecular complexity index is 1010. The van der Waals surface area contributed by atoms with Gasteiger partial charge >= 0.3 is 0 Å². The molecule has 0 spiro atoms. The summed E-state index contributed by atoms with van der Waals surface area (Å²) in [6, 6.07) is 13.3. The van der Waals surface area contributed by atoms with Gasteiger partial charge in [0.1, 0.15) is 5.82 Å². The fourth-order valence-corrected chi connectivity index (χ4v) is 5.11. The van der Waals surface area contributed by atoms with Crippen LogP contribution in [0.3, 0.4) is 0 Å². The molecule has 4 rings (SSSR count). The van der Waals surface area contributed by atoms with Gasteiger partial charge in [-0.1, -0.05) is 18.2 Å². The number of nitrogens with one attached hydrogen (secondary N) is 1. The van der Waals surface area contributed by atoms with E-state index in [0.29, 0.717) is 18.0 Å². The van der Waals surface area contributed by atoms with Crippen molar-refractivity contribution in [3.8, 4) is 0 Å². The summed E-state index contributed by atoms with van der Waals surface area (Å²) >= 11 is 0. The molecule has 136 valence electrons. The van der Waals surface area contributed by atoms with Gasteiger partial charge in [0.25, 0.3) is 0 Å².